The first-order valence-electron chi connectivity index (χ1n) is 5.49. The van der Waals surface area contributed by atoms with Gasteiger partial charge in [0.2, 0.25) is 0 Å². The Morgan fingerprint density at radius 2 is 2.18 bits per heavy atom. The second-order valence-corrected chi connectivity index (χ2v) is 3.54. The third-order valence-corrected chi connectivity index (χ3v) is 2.42. The molecule has 0 atom stereocenters. The molecule has 1 rings (SSSR count). The Labute approximate surface area is 99.8 Å². The van der Waals surface area contributed by atoms with Gasteiger partial charge >= 0.3 is 5.97 Å². The number of benzene rings is 1. The summed E-state index contributed by atoms with van der Waals surface area (Å²) in [5.41, 5.74) is 1.27. The standard InChI is InChI=1S/C13H14FNO2/c1-3-10-5-9(8-15)6-12(14)11(10)7-13(16)17-4-2/h5-6H,3-4,7H2,1-2H3. The molecule has 0 aliphatic heterocycles. The molecule has 1 aromatic carbocycles. The number of carbonyl (C=O) groups excluding carboxylic acids is 1. The molecule has 0 N–H and O–H groups in total. The monoisotopic (exact) mass is 235 g/mol. The third-order valence-electron chi connectivity index (χ3n) is 2.42. The van der Waals surface area contributed by atoms with Crippen LogP contribution < -0.4 is 0 Å². The topological polar surface area (TPSA) is 50.1 Å². The molecule has 0 aliphatic rings. The number of aryl methyl sites for hydroxylation is 1. The van der Waals surface area contributed by atoms with Crippen LogP contribution in [-0.2, 0) is 22.4 Å². The van der Waals surface area contributed by atoms with E-state index in [1.807, 2.05) is 13.0 Å². The van der Waals surface area contributed by atoms with E-state index in [0.29, 0.717) is 17.5 Å². The zero-order chi connectivity index (χ0) is 12.8. The maximum absolute atomic E-state index is 13.7. The first kappa shape index (κ1) is 13.2. The van der Waals surface area contributed by atoms with Gasteiger partial charge < -0.3 is 4.74 Å². The Kier molecular flexibility index (Phi) is 4.65. The molecule has 0 amide bonds. The van der Waals surface area contributed by atoms with Crippen LogP contribution in [0.2, 0.25) is 0 Å². The number of nitriles is 1. The predicted molar refractivity (Wildman–Crippen MR) is 60.8 cm³/mol. The van der Waals surface area contributed by atoms with Gasteiger partial charge in [-0.3, -0.25) is 4.79 Å². The Hall–Kier alpha value is -1.89. The highest BCUT2D eigenvalue weighted by Crippen LogP contribution is 2.18. The Morgan fingerprint density at radius 1 is 1.47 bits per heavy atom. The largest absolute Gasteiger partial charge is 0.466 e. The fourth-order valence-corrected chi connectivity index (χ4v) is 1.63. The average Bonchev–Trinajstić information content (AvgIpc) is 2.31. The van der Waals surface area contributed by atoms with E-state index in [4.69, 9.17) is 10.00 Å². The van der Waals surface area contributed by atoms with Crippen molar-refractivity contribution in [3.05, 3.63) is 34.6 Å². The second kappa shape index (κ2) is 6.00. The van der Waals surface area contributed by atoms with Crippen LogP contribution in [0.3, 0.4) is 0 Å². The summed E-state index contributed by atoms with van der Waals surface area (Å²) in [4.78, 5) is 11.3. The summed E-state index contributed by atoms with van der Waals surface area (Å²) in [5.74, 6) is -0.972. The third kappa shape index (κ3) is 3.28. The van der Waals surface area contributed by atoms with E-state index in [-0.39, 0.29) is 18.6 Å². The van der Waals surface area contributed by atoms with E-state index in [1.165, 1.54) is 0 Å². The molecule has 4 heteroatoms. The van der Waals surface area contributed by atoms with Gasteiger partial charge in [0.15, 0.2) is 0 Å². The van der Waals surface area contributed by atoms with Gasteiger partial charge in [-0.25, -0.2) is 4.39 Å². The summed E-state index contributed by atoms with van der Waals surface area (Å²) in [5, 5.41) is 8.73. The number of halogens is 1. The fraction of sp³-hybridized carbons (Fsp3) is 0.385. The summed E-state index contributed by atoms with van der Waals surface area (Å²) < 4.78 is 18.5. The molecular weight excluding hydrogens is 221 g/mol. The van der Waals surface area contributed by atoms with Crippen LogP contribution in [-0.4, -0.2) is 12.6 Å². The van der Waals surface area contributed by atoms with Gasteiger partial charge in [0.25, 0.3) is 0 Å². The molecular formula is C13H14FNO2. The first-order valence-corrected chi connectivity index (χ1v) is 5.49. The van der Waals surface area contributed by atoms with Crippen molar-refractivity contribution < 1.29 is 13.9 Å². The molecule has 0 fully saturated rings. The van der Waals surface area contributed by atoms with Crippen molar-refractivity contribution in [2.75, 3.05) is 6.61 Å². The molecule has 0 saturated heterocycles. The number of nitrogens with zero attached hydrogens (tertiary/aromatic N) is 1. The van der Waals surface area contributed by atoms with Crippen LogP contribution in [0.4, 0.5) is 4.39 Å². The van der Waals surface area contributed by atoms with Gasteiger partial charge in [0, 0.05) is 5.56 Å². The summed E-state index contributed by atoms with van der Waals surface area (Å²) in [6.07, 6.45) is 0.482. The minimum atomic E-state index is -0.519. The Morgan fingerprint density at radius 3 is 2.71 bits per heavy atom. The quantitative estimate of drug-likeness (QED) is 0.753. The molecule has 90 valence electrons. The molecule has 0 aliphatic carbocycles. The molecule has 0 aromatic heterocycles. The first-order chi connectivity index (χ1) is 8.12. The van der Waals surface area contributed by atoms with Crippen molar-refractivity contribution in [2.24, 2.45) is 0 Å². The van der Waals surface area contributed by atoms with E-state index < -0.39 is 11.8 Å². The highest BCUT2D eigenvalue weighted by Gasteiger charge is 2.14. The van der Waals surface area contributed by atoms with Crippen LogP contribution in [0.1, 0.15) is 30.5 Å². The zero-order valence-electron chi connectivity index (χ0n) is 9.92. The number of hydrogen-bond acceptors (Lipinski definition) is 3. The fourth-order valence-electron chi connectivity index (χ4n) is 1.63. The minimum Gasteiger partial charge on any atom is -0.466 e. The van der Waals surface area contributed by atoms with Crippen molar-refractivity contribution in [3.8, 4) is 6.07 Å². The molecule has 0 spiro atoms. The van der Waals surface area contributed by atoms with E-state index in [1.54, 1.807) is 13.0 Å². The van der Waals surface area contributed by atoms with Crippen LogP contribution in [0, 0.1) is 17.1 Å². The highest BCUT2D eigenvalue weighted by molar-refractivity contribution is 5.73. The number of carbonyl (C=O) groups is 1. The van der Waals surface area contributed by atoms with E-state index in [9.17, 15) is 9.18 Å². The van der Waals surface area contributed by atoms with Gasteiger partial charge in [-0.05, 0) is 31.0 Å². The highest BCUT2D eigenvalue weighted by atomic mass is 19.1. The lowest BCUT2D eigenvalue weighted by molar-refractivity contribution is -0.142. The van der Waals surface area contributed by atoms with E-state index >= 15 is 0 Å². The van der Waals surface area contributed by atoms with Crippen molar-refractivity contribution in [2.45, 2.75) is 26.7 Å². The zero-order valence-corrected chi connectivity index (χ0v) is 9.92. The second-order valence-electron chi connectivity index (χ2n) is 3.54. The van der Waals surface area contributed by atoms with Gasteiger partial charge in [0.1, 0.15) is 5.82 Å². The lowest BCUT2D eigenvalue weighted by Gasteiger charge is -2.09. The van der Waals surface area contributed by atoms with Crippen LogP contribution in [0.25, 0.3) is 0 Å². The van der Waals surface area contributed by atoms with E-state index in [2.05, 4.69) is 0 Å². The molecule has 0 saturated carbocycles. The Bertz CT molecular complexity index is 463. The SMILES string of the molecule is CCOC(=O)Cc1c(F)cc(C#N)cc1CC. The summed E-state index contributed by atoms with van der Waals surface area (Å²) in [6.45, 7) is 3.83. The molecule has 3 nitrogen and oxygen atoms in total. The van der Waals surface area contributed by atoms with Crippen molar-refractivity contribution >= 4 is 5.97 Å². The number of hydrogen-bond donors (Lipinski definition) is 0. The van der Waals surface area contributed by atoms with Gasteiger partial charge in [0.05, 0.1) is 24.7 Å². The lowest BCUT2D eigenvalue weighted by atomic mass is 9.99. The minimum absolute atomic E-state index is 0.0887. The maximum atomic E-state index is 13.7. The van der Waals surface area contributed by atoms with Gasteiger partial charge in [-0.15, -0.1) is 0 Å². The number of rotatable bonds is 4. The van der Waals surface area contributed by atoms with E-state index in [0.717, 1.165) is 6.07 Å². The molecule has 1 aromatic rings. The summed E-state index contributed by atoms with van der Waals surface area (Å²) >= 11 is 0. The molecule has 0 radical (unpaired) electrons. The van der Waals surface area contributed by atoms with Crippen molar-refractivity contribution in [1.29, 1.82) is 5.26 Å². The molecule has 17 heavy (non-hydrogen) atoms. The normalized spacial score (nSPS) is 9.76. The maximum Gasteiger partial charge on any atom is 0.310 e. The number of ether oxygens (including phenoxy) is 1. The lowest BCUT2D eigenvalue weighted by Crippen LogP contribution is -2.11. The van der Waals surface area contributed by atoms with Crippen molar-refractivity contribution in [3.63, 3.8) is 0 Å². The predicted octanol–water partition coefficient (Wildman–Crippen LogP) is 2.37. The Balaban J connectivity index is 3.06. The smallest absolute Gasteiger partial charge is 0.310 e. The molecule has 0 heterocycles. The molecule has 0 unspecified atom stereocenters. The molecule has 0 bridgehead atoms. The van der Waals surface area contributed by atoms with Crippen LogP contribution >= 0.6 is 0 Å². The van der Waals surface area contributed by atoms with Crippen LogP contribution in [0.15, 0.2) is 12.1 Å². The summed E-state index contributed by atoms with van der Waals surface area (Å²) in [6, 6.07) is 4.65. The number of esters is 1. The average molecular weight is 235 g/mol. The van der Waals surface area contributed by atoms with Gasteiger partial charge in [-0.2, -0.15) is 5.26 Å². The van der Waals surface area contributed by atoms with Crippen molar-refractivity contribution in [1.82, 2.24) is 0 Å². The summed E-state index contributed by atoms with van der Waals surface area (Å²) in [7, 11) is 0. The van der Waals surface area contributed by atoms with Gasteiger partial charge in [-0.1, -0.05) is 6.92 Å². The van der Waals surface area contributed by atoms with Crippen LogP contribution in [0.5, 0.6) is 0 Å².